The Morgan fingerprint density at radius 3 is 2.92 bits per heavy atom. The summed E-state index contributed by atoms with van der Waals surface area (Å²) in [6.45, 7) is 0. The molecule has 0 aliphatic heterocycles. The van der Waals surface area contributed by atoms with E-state index in [-0.39, 0.29) is 0 Å². The lowest BCUT2D eigenvalue weighted by Gasteiger charge is -2.02. The van der Waals surface area contributed by atoms with Crippen LogP contribution in [0.25, 0.3) is 11.4 Å². The first-order valence-corrected chi connectivity index (χ1v) is 3.83. The van der Waals surface area contributed by atoms with Gasteiger partial charge in [-0.25, -0.2) is 9.67 Å². The molecule has 0 aliphatic carbocycles. The van der Waals surface area contributed by atoms with Crippen LogP contribution >= 0.6 is 0 Å². The van der Waals surface area contributed by atoms with Gasteiger partial charge in [0.15, 0.2) is 5.82 Å². The standard InChI is InChI=1S/C8H9N5/c1-13-8(11-5-12-13)6-2-3-10-4-7(6)9/h2-5H,9H2,1H3. The number of rotatable bonds is 1. The summed E-state index contributed by atoms with van der Waals surface area (Å²) in [6.07, 6.45) is 4.78. The Labute approximate surface area is 75.2 Å². The number of nitrogens with zero attached hydrogens (tertiary/aromatic N) is 4. The van der Waals surface area contributed by atoms with Crippen molar-refractivity contribution < 1.29 is 0 Å². The van der Waals surface area contributed by atoms with Crippen LogP contribution in [0.3, 0.4) is 0 Å². The zero-order chi connectivity index (χ0) is 9.26. The second kappa shape index (κ2) is 2.85. The Kier molecular flexibility index (Phi) is 1.70. The van der Waals surface area contributed by atoms with Gasteiger partial charge in [0.05, 0.1) is 11.9 Å². The van der Waals surface area contributed by atoms with Crippen molar-refractivity contribution in [1.29, 1.82) is 0 Å². The van der Waals surface area contributed by atoms with Gasteiger partial charge in [0.2, 0.25) is 0 Å². The minimum atomic E-state index is 0.610. The number of aryl methyl sites for hydroxylation is 1. The fourth-order valence-electron chi connectivity index (χ4n) is 1.15. The SMILES string of the molecule is Cn1ncnc1-c1ccncc1N. The molecule has 0 radical (unpaired) electrons. The summed E-state index contributed by atoms with van der Waals surface area (Å²) in [5, 5.41) is 3.96. The monoisotopic (exact) mass is 175 g/mol. The summed E-state index contributed by atoms with van der Waals surface area (Å²) in [5.41, 5.74) is 7.20. The van der Waals surface area contributed by atoms with Crippen molar-refractivity contribution in [2.45, 2.75) is 0 Å². The van der Waals surface area contributed by atoms with Crippen LogP contribution < -0.4 is 5.73 Å². The molecule has 0 atom stereocenters. The number of aromatic nitrogens is 4. The van der Waals surface area contributed by atoms with Gasteiger partial charge in [0, 0.05) is 18.8 Å². The fourth-order valence-corrected chi connectivity index (χ4v) is 1.15. The zero-order valence-corrected chi connectivity index (χ0v) is 7.18. The van der Waals surface area contributed by atoms with Crippen LogP contribution in [0.2, 0.25) is 0 Å². The maximum Gasteiger partial charge on any atom is 0.159 e. The number of pyridine rings is 1. The van der Waals surface area contributed by atoms with E-state index in [1.54, 1.807) is 17.1 Å². The summed E-state index contributed by atoms with van der Waals surface area (Å²) < 4.78 is 1.67. The van der Waals surface area contributed by atoms with Gasteiger partial charge in [-0.1, -0.05) is 0 Å². The first-order chi connectivity index (χ1) is 6.29. The minimum absolute atomic E-state index is 0.610. The Bertz CT molecular complexity index is 420. The average molecular weight is 175 g/mol. The molecule has 0 bridgehead atoms. The normalized spacial score (nSPS) is 10.2. The maximum atomic E-state index is 5.74. The minimum Gasteiger partial charge on any atom is -0.397 e. The quantitative estimate of drug-likeness (QED) is 0.683. The molecule has 5 nitrogen and oxygen atoms in total. The van der Waals surface area contributed by atoms with Crippen molar-refractivity contribution in [2.24, 2.45) is 7.05 Å². The summed E-state index contributed by atoms with van der Waals surface area (Å²) in [6, 6.07) is 1.82. The maximum absolute atomic E-state index is 5.74. The highest BCUT2D eigenvalue weighted by atomic mass is 15.3. The highest BCUT2D eigenvalue weighted by Crippen LogP contribution is 2.20. The predicted molar refractivity (Wildman–Crippen MR) is 48.6 cm³/mol. The molecule has 2 N–H and O–H groups in total. The summed E-state index contributed by atoms with van der Waals surface area (Å²) in [5.74, 6) is 0.750. The molecule has 2 heterocycles. The van der Waals surface area contributed by atoms with Crippen molar-refractivity contribution in [3.63, 3.8) is 0 Å². The van der Waals surface area contributed by atoms with Gasteiger partial charge in [0.25, 0.3) is 0 Å². The Morgan fingerprint density at radius 2 is 2.31 bits per heavy atom. The van der Waals surface area contributed by atoms with Gasteiger partial charge in [-0.05, 0) is 6.07 Å². The Hall–Kier alpha value is -1.91. The Balaban J connectivity index is 2.59. The van der Waals surface area contributed by atoms with Crippen LogP contribution in [0.1, 0.15) is 0 Å². The number of nitrogen functional groups attached to an aromatic ring is 1. The highest BCUT2D eigenvalue weighted by Gasteiger charge is 2.06. The third kappa shape index (κ3) is 1.24. The molecule has 0 fully saturated rings. The zero-order valence-electron chi connectivity index (χ0n) is 7.18. The van der Waals surface area contributed by atoms with E-state index in [1.165, 1.54) is 6.33 Å². The van der Waals surface area contributed by atoms with Crippen LogP contribution in [0.15, 0.2) is 24.8 Å². The molecule has 2 aromatic rings. The molecular weight excluding hydrogens is 166 g/mol. The Morgan fingerprint density at radius 1 is 1.46 bits per heavy atom. The van der Waals surface area contributed by atoms with E-state index >= 15 is 0 Å². The molecule has 2 aromatic heterocycles. The summed E-state index contributed by atoms with van der Waals surface area (Å²) >= 11 is 0. The van der Waals surface area contributed by atoms with Gasteiger partial charge in [0.1, 0.15) is 6.33 Å². The van der Waals surface area contributed by atoms with Crippen molar-refractivity contribution in [3.8, 4) is 11.4 Å². The van der Waals surface area contributed by atoms with E-state index in [0.29, 0.717) is 5.69 Å². The first-order valence-electron chi connectivity index (χ1n) is 3.83. The number of hydrogen-bond donors (Lipinski definition) is 1. The van der Waals surface area contributed by atoms with Crippen molar-refractivity contribution in [1.82, 2.24) is 19.7 Å². The molecule has 0 saturated heterocycles. The van der Waals surface area contributed by atoms with E-state index < -0.39 is 0 Å². The second-order valence-corrected chi connectivity index (χ2v) is 2.67. The van der Waals surface area contributed by atoms with Gasteiger partial charge in [-0.3, -0.25) is 4.98 Å². The van der Waals surface area contributed by atoms with Gasteiger partial charge < -0.3 is 5.73 Å². The van der Waals surface area contributed by atoms with E-state index in [0.717, 1.165) is 11.4 Å². The number of nitrogens with two attached hydrogens (primary N) is 1. The third-order valence-corrected chi connectivity index (χ3v) is 1.80. The van der Waals surface area contributed by atoms with Gasteiger partial charge in [-0.2, -0.15) is 5.10 Å². The van der Waals surface area contributed by atoms with Crippen LogP contribution in [-0.2, 0) is 7.05 Å². The lowest BCUT2D eigenvalue weighted by Crippen LogP contribution is -1.98. The lowest BCUT2D eigenvalue weighted by atomic mass is 10.2. The van der Waals surface area contributed by atoms with E-state index in [1.807, 2.05) is 13.1 Å². The molecule has 0 saturated carbocycles. The molecule has 66 valence electrons. The summed E-state index contributed by atoms with van der Waals surface area (Å²) in [4.78, 5) is 7.99. The van der Waals surface area contributed by atoms with Crippen LogP contribution in [0, 0.1) is 0 Å². The topological polar surface area (TPSA) is 69.6 Å². The molecule has 0 spiro atoms. The molecule has 0 aromatic carbocycles. The van der Waals surface area contributed by atoms with E-state index in [4.69, 9.17) is 5.73 Å². The van der Waals surface area contributed by atoms with E-state index in [9.17, 15) is 0 Å². The smallest absolute Gasteiger partial charge is 0.159 e. The van der Waals surface area contributed by atoms with Gasteiger partial charge >= 0.3 is 0 Å². The molecule has 13 heavy (non-hydrogen) atoms. The lowest BCUT2D eigenvalue weighted by molar-refractivity contribution is 0.774. The van der Waals surface area contributed by atoms with Crippen molar-refractivity contribution in [3.05, 3.63) is 24.8 Å². The van der Waals surface area contributed by atoms with E-state index in [2.05, 4.69) is 15.1 Å². The molecule has 0 unspecified atom stereocenters. The highest BCUT2D eigenvalue weighted by molar-refractivity contribution is 5.69. The molecular formula is C8H9N5. The second-order valence-electron chi connectivity index (χ2n) is 2.67. The predicted octanol–water partition coefficient (Wildman–Crippen LogP) is 0.459. The molecule has 0 amide bonds. The third-order valence-electron chi connectivity index (χ3n) is 1.80. The first kappa shape index (κ1) is 7.72. The summed E-state index contributed by atoms with van der Waals surface area (Å²) in [7, 11) is 1.82. The van der Waals surface area contributed by atoms with Gasteiger partial charge in [-0.15, -0.1) is 0 Å². The molecule has 0 aliphatic rings. The average Bonchev–Trinajstić information content (AvgIpc) is 2.52. The number of anilines is 1. The van der Waals surface area contributed by atoms with Crippen LogP contribution in [-0.4, -0.2) is 19.7 Å². The van der Waals surface area contributed by atoms with Crippen LogP contribution in [0.4, 0.5) is 5.69 Å². The fraction of sp³-hybridized carbons (Fsp3) is 0.125. The molecule has 2 rings (SSSR count). The van der Waals surface area contributed by atoms with Crippen molar-refractivity contribution in [2.75, 3.05) is 5.73 Å². The van der Waals surface area contributed by atoms with Crippen LogP contribution in [0.5, 0.6) is 0 Å². The molecule has 5 heteroatoms. The number of hydrogen-bond acceptors (Lipinski definition) is 4. The van der Waals surface area contributed by atoms with Crippen molar-refractivity contribution >= 4 is 5.69 Å². The largest absolute Gasteiger partial charge is 0.397 e.